The number of esters is 1. The zero-order chi connectivity index (χ0) is 11.3. The van der Waals surface area contributed by atoms with Crippen molar-refractivity contribution in [3.8, 4) is 0 Å². The summed E-state index contributed by atoms with van der Waals surface area (Å²) in [5.41, 5.74) is -1.11. The van der Waals surface area contributed by atoms with Crippen LogP contribution in [-0.2, 0) is 14.3 Å². The van der Waals surface area contributed by atoms with E-state index >= 15 is 0 Å². The summed E-state index contributed by atoms with van der Waals surface area (Å²) in [5, 5.41) is 18.3. The lowest BCUT2D eigenvalue weighted by molar-refractivity contribution is -0.168. The Hall–Kier alpha value is -0.650. The van der Waals surface area contributed by atoms with Gasteiger partial charge in [0.2, 0.25) is 0 Å². The third kappa shape index (κ3) is 2.68. The number of hydrogen-bond donors (Lipinski definition) is 2. The number of aliphatic hydroxyl groups is 2. The first-order valence-electron chi connectivity index (χ1n) is 5.23. The molecule has 1 rings (SSSR count). The van der Waals surface area contributed by atoms with Gasteiger partial charge in [-0.2, -0.15) is 0 Å². The summed E-state index contributed by atoms with van der Waals surface area (Å²) < 4.78 is 10.4. The Morgan fingerprint density at radius 3 is 2.73 bits per heavy atom. The summed E-state index contributed by atoms with van der Waals surface area (Å²) in [6.45, 7) is 1.60. The van der Waals surface area contributed by atoms with Crippen LogP contribution in [0.5, 0.6) is 0 Å². The highest BCUT2D eigenvalue weighted by Crippen LogP contribution is 2.28. The monoisotopic (exact) mass is 218 g/mol. The fraction of sp³-hybridized carbons (Fsp3) is 0.900. The zero-order valence-corrected chi connectivity index (χ0v) is 8.94. The Kier molecular flexibility index (Phi) is 4.50. The Morgan fingerprint density at radius 2 is 2.20 bits per heavy atom. The molecular weight excluding hydrogens is 200 g/mol. The second kappa shape index (κ2) is 5.44. The Morgan fingerprint density at radius 1 is 1.53 bits per heavy atom. The normalized spacial score (nSPS) is 24.1. The molecule has 0 unspecified atom stereocenters. The zero-order valence-electron chi connectivity index (χ0n) is 8.94. The van der Waals surface area contributed by atoms with Crippen molar-refractivity contribution in [1.29, 1.82) is 0 Å². The van der Waals surface area contributed by atoms with Crippen LogP contribution in [0.3, 0.4) is 0 Å². The van der Waals surface area contributed by atoms with Crippen molar-refractivity contribution in [2.24, 2.45) is 0 Å². The van der Waals surface area contributed by atoms with E-state index in [1.54, 1.807) is 0 Å². The van der Waals surface area contributed by atoms with E-state index < -0.39 is 11.7 Å². The fourth-order valence-corrected chi connectivity index (χ4v) is 1.66. The third-order valence-corrected chi connectivity index (χ3v) is 2.62. The molecule has 1 atom stereocenters. The van der Waals surface area contributed by atoms with Crippen LogP contribution in [0, 0.1) is 0 Å². The average Bonchev–Trinajstić information content (AvgIpc) is 2.62. The van der Waals surface area contributed by atoms with E-state index in [0.29, 0.717) is 19.4 Å². The minimum atomic E-state index is -1.11. The molecule has 5 nitrogen and oxygen atoms in total. The molecule has 0 amide bonds. The molecule has 1 fully saturated rings. The number of aliphatic hydroxyl groups excluding tert-OH is 2. The summed E-state index contributed by atoms with van der Waals surface area (Å²) >= 11 is 0. The first-order chi connectivity index (χ1) is 7.18. The number of ether oxygens (including phenoxy) is 2. The van der Waals surface area contributed by atoms with Gasteiger partial charge in [0.05, 0.1) is 19.8 Å². The van der Waals surface area contributed by atoms with Gasteiger partial charge in [0.1, 0.15) is 6.10 Å². The molecule has 88 valence electrons. The highest BCUT2D eigenvalue weighted by atomic mass is 16.6. The molecule has 1 saturated heterocycles. The molecule has 0 bridgehead atoms. The van der Waals surface area contributed by atoms with Crippen molar-refractivity contribution in [2.75, 3.05) is 19.8 Å². The Labute approximate surface area is 89.0 Å². The number of rotatable bonds is 5. The van der Waals surface area contributed by atoms with E-state index in [2.05, 4.69) is 0 Å². The van der Waals surface area contributed by atoms with Gasteiger partial charge in [-0.3, -0.25) is 4.79 Å². The predicted molar refractivity (Wildman–Crippen MR) is 52.3 cm³/mol. The van der Waals surface area contributed by atoms with Gasteiger partial charge in [0.25, 0.3) is 0 Å². The molecule has 0 spiro atoms. The molecule has 0 saturated carbocycles. The summed E-state index contributed by atoms with van der Waals surface area (Å²) in [5.74, 6) is -0.306. The predicted octanol–water partition coefficient (Wildman–Crippen LogP) is -0.158. The van der Waals surface area contributed by atoms with E-state index in [1.165, 1.54) is 0 Å². The summed E-state index contributed by atoms with van der Waals surface area (Å²) in [7, 11) is 0. The van der Waals surface area contributed by atoms with Crippen LogP contribution >= 0.6 is 0 Å². The van der Waals surface area contributed by atoms with E-state index in [1.807, 2.05) is 6.92 Å². The van der Waals surface area contributed by atoms with Crippen LogP contribution in [0.15, 0.2) is 0 Å². The molecule has 0 aromatic rings. The fourth-order valence-electron chi connectivity index (χ4n) is 1.66. The van der Waals surface area contributed by atoms with Crippen LogP contribution in [0.2, 0.25) is 0 Å². The van der Waals surface area contributed by atoms with Crippen LogP contribution in [0.25, 0.3) is 0 Å². The smallest absolute Gasteiger partial charge is 0.306 e. The van der Waals surface area contributed by atoms with Crippen molar-refractivity contribution < 1.29 is 24.5 Å². The van der Waals surface area contributed by atoms with Crippen LogP contribution < -0.4 is 0 Å². The summed E-state index contributed by atoms with van der Waals surface area (Å²) in [4.78, 5) is 11.3. The molecule has 0 aromatic carbocycles. The molecule has 5 heteroatoms. The minimum absolute atomic E-state index is 0.306. The van der Waals surface area contributed by atoms with Gasteiger partial charge >= 0.3 is 5.97 Å². The van der Waals surface area contributed by atoms with Crippen molar-refractivity contribution in [2.45, 2.75) is 37.9 Å². The maximum absolute atomic E-state index is 11.3. The number of carbonyl (C=O) groups excluding carboxylic acids is 1. The van der Waals surface area contributed by atoms with Gasteiger partial charge in [-0.25, -0.2) is 0 Å². The first kappa shape index (κ1) is 12.4. The molecule has 1 aliphatic rings. The van der Waals surface area contributed by atoms with Gasteiger partial charge in [0, 0.05) is 12.8 Å². The lowest BCUT2D eigenvalue weighted by Gasteiger charge is -2.29. The largest absolute Gasteiger partial charge is 0.459 e. The van der Waals surface area contributed by atoms with Crippen molar-refractivity contribution in [3.05, 3.63) is 0 Å². The van der Waals surface area contributed by atoms with Gasteiger partial charge in [0.15, 0.2) is 5.60 Å². The van der Waals surface area contributed by atoms with Crippen molar-refractivity contribution in [3.63, 3.8) is 0 Å². The third-order valence-electron chi connectivity index (χ3n) is 2.62. The van der Waals surface area contributed by atoms with E-state index in [-0.39, 0.29) is 19.2 Å². The van der Waals surface area contributed by atoms with Gasteiger partial charge in [-0.05, 0) is 6.42 Å². The van der Waals surface area contributed by atoms with E-state index in [0.717, 1.165) is 6.42 Å². The second-order valence-corrected chi connectivity index (χ2v) is 3.75. The molecular formula is C10H18O5. The molecule has 2 N–H and O–H groups in total. The standard InChI is InChI=1S/C10H18O5/c1-2-3-9(13)15-8-4-5-14-10(8,6-11)7-12/h8,11-12H,2-7H2,1H3/t8-/m1/s1. The SMILES string of the molecule is CCCC(=O)O[C@@H]1CCOC1(CO)CO. The first-order valence-corrected chi connectivity index (χ1v) is 5.23. The average molecular weight is 218 g/mol. The van der Waals surface area contributed by atoms with E-state index in [4.69, 9.17) is 19.7 Å². The van der Waals surface area contributed by atoms with Gasteiger partial charge < -0.3 is 19.7 Å². The lowest BCUT2D eigenvalue weighted by Crippen LogP contribution is -2.48. The highest BCUT2D eigenvalue weighted by Gasteiger charge is 2.46. The Balaban J connectivity index is 2.56. The Bertz CT molecular complexity index is 212. The summed E-state index contributed by atoms with van der Waals surface area (Å²) in [6.07, 6.45) is 1.06. The van der Waals surface area contributed by atoms with Gasteiger partial charge in [-0.15, -0.1) is 0 Å². The topological polar surface area (TPSA) is 76.0 Å². The van der Waals surface area contributed by atoms with Crippen molar-refractivity contribution in [1.82, 2.24) is 0 Å². The molecule has 1 heterocycles. The summed E-state index contributed by atoms with van der Waals surface area (Å²) in [6, 6.07) is 0. The lowest BCUT2D eigenvalue weighted by atomic mass is 9.99. The molecule has 0 aliphatic carbocycles. The maximum atomic E-state index is 11.3. The molecule has 15 heavy (non-hydrogen) atoms. The molecule has 1 aliphatic heterocycles. The van der Waals surface area contributed by atoms with Crippen molar-refractivity contribution >= 4 is 5.97 Å². The van der Waals surface area contributed by atoms with E-state index in [9.17, 15) is 4.79 Å². The molecule has 0 aromatic heterocycles. The highest BCUT2D eigenvalue weighted by molar-refractivity contribution is 5.69. The van der Waals surface area contributed by atoms with Crippen LogP contribution in [0.1, 0.15) is 26.2 Å². The molecule has 0 radical (unpaired) electrons. The quantitative estimate of drug-likeness (QED) is 0.627. The van der Waals surface area contributed by atoms with Crippen LogP contribution in [0.4, 0.5) is 0 Å². The number of carbonyl (C=O) groups is 1. The number of hydrogen-bond acceptors (Lipinski definition) is 5. The maximum Gasteiger partial charge on any atom is 0.306 e. The second-order valence-electron chi connectivity index (χ2n) is 3.75. The van der Waals surface area contributed by atoms with Crippen LogP contribution in [-0.4, -0.2) is 47.7 Å². The van der Waals surface area contributed by atoms with Gasteiger partial charge in [-0.1, -0.05) is 6.92 Å². The minimum Gasteiger partial charge on any atom is -0.459 e.